The number of nitrogens with one attached hydrogen (secondary N) is 2. The molecule has 1 amide bonds. The number of anilines is 1. The van der Waals surface area contributed by atoms with Crippen molar-refractivity contribution in [2.24, 2.45) is 7.05 Å². The van der Waals surface area contributed by atoms with Crippen molar-refractivity contribution < 1.29 is 4.79 Å². The predicted molar refractivity (Wildman–Crippen MR) is 55.1 cm³/mol. The molecule has 1 heterocycles. The molecule has 0 atom stereocenters. The maximum Gasteiger partial charge on any atom is 0.238 e. The van der Waals surface area contributed by atoms with Gasteiger partial charge in [0, 0.05) is 13.2 Å². The van der Waals surface area contributed by atoms with Crippen LogP contribution in [0.5, 0.6) is 0 Å². The van der Waals surface area contributed by atoms with Gasteiger partial charge in [0.2, 0.25) is 5.91 Å². The van der Waals surface area contributed by atoms with Gasteiger partial charge in [0.05, 0.1) is 17.9 Å². The lowest BCUT2D eigenvalue weighted by atomic mass is 10.4. The number of likely N-dealkylation sites (N-methyl/N-ethyl adjacent to an activating group) is 1. The minimum Gasteiger partial charge on any atom is -0.322 e. The van der Waals surface area contributed by atoms with Gasteiger partial charge in [-0.05, 0) is 13.5 Å². The van der Waals surface area contributed by atoms with Gasteiger partial charge in [-0.2, -0.15) is 5.10 Å². The van der Waals surface area contributed by atoms with E-state index in [-0.39, 0.29) is 5.91 Å². The average molecular weight is 196 g/mol. The van der Waals surface area contributed by atoms with Crippen LogP contribution in [0.15, 0.2) is 6.20 Å². The SMILES string of the molecule is CCNCC(=O)Nc1cn(C)nc1C. The highest BCUT2D eigenvalue weighted by molar-refractivity contribution is 5.92. The normalized spacial score (nSPS) is 10.2. The smallest absolute Gasteiger partial charge is 0.238 e. The van der Waals surface area contributed by atoms with Crippen LogP contribution in [0.2, 0.25) is 0 Å². The molecule has 1 aromatic heterocycles. The Labute approximate surface area is 83.5 Å². The summed E-state index contributed by atoms with van der Waals surface area (Å²) in [6.07, 6.45) is 1.79. The van der Waals surface area contributed by atoms with E-state index in [1.165, 1.54) is 0 Å². The number of nitrogens with zero attached hydrogens (tertiary/aromatic N) is 2. The highest BCUT2D eigenvalue weighted by Crippen LogP contribution is 2.10. The zero-order chi connectivity index (χ0) is 10.6. The Morgan fingerprint density at radius 2 is 2.36 bits per heavy atom. The van der Waals surface area contributed by atoms with E-state index in [9.17, 15) is 4.79 Å². The van der Waals surface area contributed by atoms with Gasteiger partial charge in [0.1, 0.15) is 0 Å². The molecule has 0 aliphatic rings. The molecule has 0 aliphatic carbocycles. The summed E-state index contributed by atoms with van der Waals surface area (Å²) < 4.78 is 1.68. The van der Waals surface area contributed by atoms with Gasteiger partial charge < -0.3 is 10.6 Å². The van der Waals surface area contributed by atoms with E-state index < -0.39 is 0 Å². The van der Waals surface area contributed by atoms with Crippen molar-refractivity contribution in [1.29, 1.82) is 0 Å². The van der Waals surface area contributed by atoms with Crippen LogP contribution in [-0.4, -0.2) is 28.8 Å². The van der Waals surface area contributed by atoms with Crippen LogP contribution in [0, 0.1) is 6.92 Å². The molecule has 1 rings (SSSR count). The molecule has 14 heavy (non-hydrogen) atoms. The molecule has 5 heteroatoms. The number of hydrogen-bond acceptors (Lipinski definition) is 3. The van der Waals surface area contributed by atoms with E-state index in [0.29, 0.717) is 6.54 Å². The summed E-state index contributed by atoms with van der Waals surface area (Å²) in [7, 11) is 1.83. The molecule has 0 aromatic carbocycles. The number of aryl methyl sites for hydroxylation is 2. The second-order valence-corrected chi connectivity index (χ2v) is 3.13. The molecule has 0 spiro atoms. The number of hydrogen-bond donors (Lipinski definition) is 2. The topological polar surface area (TPSA) is 59.0 Å². The van der Waals surface area contributed by atoms with E-state index in [1.807, 2.05) is 20.9 Å². The Balaban J connectivity index is 2.51. The van der Waals surface area contributed by atoms with Gasteiger partial charge in [-0.15, -0.1) is 0 Å². The molecule has 0 bridgehead atoms. The van der Waals surface area contributed by atoms with Crippen LogP contribution in [0.4, 0.5) is 5.69 Å². The second-order valence-electron chi connectivity index (χ2n) is 3.13. The number of aromatic nitrogens is 2. The average Bonchev–Trinajstić information content (AvgIpc) is 2.42. The Morgan fingerprint density at radius 3 is 2.86 bits per heavy atom. The maximum absolute atomic E-state index is 11.3. The molecule has 0 saturated carbocycles. The first kappa shape index (κ1) is 10.7. The number of carbonyl (C=O) groups excluding carboxylic acids is 1. The van der Waals surface area contributed by atoms with Crippen molar-refractivity contribution >= 4 is 11.6 Å². The van der Waals surface area contributed by atoms with Crippen LogP contribution in [0.3, 0.4) is 0 Å². The van der Waals surface area contributed by atoms with Crippen LogP contribution >= 0.6 is 0 Å². The van der Waals surface area contributed by atoms with Crippen LogP contribution in [-0.2, 0) is 11.8 Å². The minimum atomic E-state index is -0.0389. The third-order valence-electron chi connectivity index (χ3n) is 1.82. The molecule has 0 fully saturated rings. The highest BCUT2D eigenvalue weighted by Gasteiger charge is 2.06. The lowest BCUT2D eigenvalue weighted by Gasteiger charge is -2.03. The summed E-state index contributed by atoms with van der Waals surface area (Å²) in [6, 6.07) is 0. The van der Waals surface area contributed by atoms with Gasteiger partial charge in [-0.3, -0.25) is 9.48 Å². The van der Waals surface area contributed by atoms with E-state index in [1.54, 1.807) is 10.9 Å². The van der Waals surface area contributed by atoms with Gasteiger partial charge in [0.25, 0.3) is 0 Å². The highest BCUT2D eigenvalue weighted by atomic mass is 16.1. The Bertz CT molecular complexity index is 319. The van der Waals surface area contributed by atoms with Gasteiger partial charge in [-0.1, -0.05) is 6.92 Å². The van der Waals surface area contributed by atoms with Crippen molar-refractivity contribution in [2.45, 2.75) is 13.8 Å². The molecular formula is C9H16N4O. The van der Waals surface area contributed by atoms with Crippen molar-refractivity contribution in [3.63, 3.8) is 0 Å². The number of rotatable bonds is 4. The minimum absolute atomic E-state index is 0.0389. The van der Waals surface area contributed by atoms with Crippen LogP contribution < -0.4 is 10.6 Å². The molecule has 1 aromatic rings. The summed E-state index contributed by atoms with van der Waals surface area (Å²) in [5, 5.41) is 9.86. The van der Waals surface area contributed by atoms with Gasteiger partial charge in [0.15, 0.2) is 0 Å². The second kappa shape index (κ2) is 4.76. The molecule has 2 N–H and O–H groups in total. The predicted octanol–water partition coefficient (Wildman–Crippen LogP) is 0.277. The molecule has 0 aliphatic heterocycles. The summed E-state index contributed by atoms with van der Waals surface area (Å²) >= 11 is 0. The van der Waals surface area contributed by atoms with Gasteiger partial charge in [-0.25, -0.2) is 0 Å². The summed E-state index contributed by atoms with van der Waals surface area (Å²) in [4.78, 5) is 11.3. The quantitative estimate of drug-likeness (QED) is 0.727. The van der Waals surface area contributed by atoms with Crippen molar-refractivity contribution in [3.8, 4) is 0 Å². The van der Waals surface area contributed by atoms with E-state index in [0.717, 1.165) is 17.9 Å². The third kappa shape index (κ3) is 2.85. The summed E-state index contributed by atoms with van der Waals surface area (Å²) in [5.74, 6) is -0.0389. The standard InChI is InChI=1S/C9H16N4O/c1-4-10-5-9(14)11-8-6-13(3)12-7(8)2/h6,10H,4-5H2,1-3H3,(H,11,14). The number of amides is 1. The van der Waals surface area contributed by atoms with Crippen LogP contribution in [0.1, 0.15) is 12.6 Å². The fourth-order valence-electron chi connectivity index (χ4n) is 1.16. The third-order valence-corrected chi connectivity index (χ3v) is 1.82. The molecule has 0 radical (unpaired) electrons. The largest absolute Gasteiger partial charge is 0.322 e. The van der Waals surface area contributed by atoms with Crippen molar-refractivity contribution in [1.82, 2.24) is 15.1 Å². The Kier molecular flexibility index (Phi) is 3.64. The monoisotopic (exact) mass is 196 g/mol. The molecule has 78 valence electrons. The van der Waals surface area contributed by atoms with Crippen molar-refractivity contribution in [2.75, 3.05) is 18.4 Å². The molecular weight excluding hydrogens is 180 g/mol. The lowest BCUT2D eigenvalue weighted by molar-refractivity contribution is -0.115. The lowest BCUT2D eigenvalue weighted by Crippen LogP contribution is -2.27. The maximum atomic E-state index is 11.3. The zero-order valence-electron chi connectivity index (χ0n) is 8.79. The summed E-state index contributed by atoms with van der Waals surface area (Å²) in [6.45, 7) is 4.95. The zero-order valence-corrected chi connectivity index (χ0v) is 8.79. The first-order valence-electron chi connectivity index (χ1n) is 4.64. The fraction of sp³-hybridized carbons (Fsp3) is 0.556. The van der Waals surface area contributed by atoms with E-state index in [4.69, 9.17) is 0 Å². The fourth-order valence-corrected chi connectivity index (χ4v) is 1.16. The molecule has 0 saturated heterocycles. The van der Waals surface area contributed by atoms with Crippen molar-refractivity contribution in [3.05, 3.63) is 11.9 Å². The van der Waals surface area contributed by atoms with E-state index >= 15 is 0 Å². The summed E-state index contributed by atoms with van der Waals surface area (Å²) in [5.41, 5.74) is 1.60. The molecule has 0 unspecified atom stereocenters. The Morgan fingerprint density at radius 1 is 1.64 bits per heavy atom. The van der Waals surface area contributed by atoms with Crippen LogP contribution in [0.25, 0.3) is 0 Å². The first-order valence-corrected chi connectivity index (χ1v) is 4.64. The van der Waals surface area contributed by atoms with E-state index in [2.05, 4.69) is 15.7 Å². The first-order chi connectivity index (χ1) is 6.63. The molecule has 5 nitrogen and oxygen atoms in total. The number of carbonyl (C=O) groups is 1. The Hall–Kier alpha value is -1.36. The van der Waals surface area contributed by atoms with Gasteiger partial charge >= 0.3 is 0 Å².